The molecule has 2 rings (SSSR count). The lowest BCUT2D eigenvalue weighted by molar-refractivity contribution is -0.172. The van der Waals surface area contributed by atoms with Crippen molar-refractivity contribution in [3.8, 4) is 5.75 Å². The second-order valence-corrected chi connectivity index (χ2v) is 13.0. The number of aliphatic hydroxyl groups excluding tert-OH is 2. The van der Waals surface area contributed by atoms with Crippen LogP contribution in [0.4, 0.5) is 10.5 Å². The molecule has 1 aromatic rings. The molecular weight excluding hydrogens is 648 g/mol. The third-order valence-electron chi connectivity index (χ3n) is 7.02. The molecular formula is C32H48N4O13. The molecule has 49 heavy (non-hydrogen) atoms. The van der Waals surface area contributed by atoms with Crippen LogP contribution in [-0.4, -0.2) is 100 Å². The zero-order valence-corrected chi connectivity index (χ0v) is 28.3. The maximum absolute atomic E-state index is 12.8. The molecule has 0 bridgehead atoms. The van der Waals surface area contributed by atoms with Crippen LogP contribution < -0.4 is 26.4 Å². The van der Waals surface area contributed by atoms with E-state index in [9.17, 15) is 39.3 Å². The molecule has 1 aliphatic rings. The Kier molecular flexibility index (Phi) is 15.3. The summed E-state index contributed by atoms with van der Waals surface area (Å²) in [5, 5.41) is 46.3. The van der Waals surface area contributed by atoms with Crippen LogP contribution >= 0.6 is 0 Å². The van der Waals surface area contributed by atoms with E-state index in [2.05, 4.69) is 20.7 Å². The minimum Gasteiger partial charge on any atom is -0.475 e. The van der Waals surface area contributed by atoms with Crippen LogP contribution in [0, 0.1) is 5.41 Å². The monoisotopic (exact) mass is 696 g/mol. The van der Waals surface area contributed by atoms with Crippen molar-refractivity contribution in [3.05, 3.63) is 35.6 Å². The van der Waals surface area contributed by atoms with Crippen molar-refractivity contribution in [1.82, 2.24) is 10.6 Å². The second-order valence-electron chi connectivity index (χ2n) is 13.0. The van der Waals surface area contributed by atoms with Gasteiger partial charge in [0.05, 0.1) is 29.4 Å². The summed E-state index contributed by atoms with van der Waals surface area (Å²) in [5.41, 5.74) is 5.21. The second kappa shape index (κ2) is 18.4. The van der Waals surface area contributed by atoms with Crippen LogP contribution in [0.1, 0.15) is 65.9 Å². The highest BCUT2D eigenvalue weighted by Gasteiger charge is 2.37. The lowest BCUT2D eigenvalue weighted by atomic mass is 9.93. The summed E-state index contributed by atoms with van der Waals surface area (Å²) in [6.07, 6.45) is -4.42. The molecule has 0 aliphatic carbocycles. The fourth-order valence-corrected chi connectivity index (χ4v) is 4.17. The predicted octanol–water partition coefficient (Wildman–Crippen LogP) is 1.21. The first kappa shape index (κ1) is 40.7. The summed E-state index contributed by atoms with van der Waals surface area (Å²) in [6.45, 7) is 9.57. The van der Waals surface area contributed by atoms with Crippen molar-refractivity contribution in [2.75, 3.05) is 25.0 Å². The van der Waals surface area contributed by atoms with Crippen LogP contribution in [0.25, 0.3) is 0 Å². The van der Waals surface area contributed by atoms with Gasteiger partial charge in [-0.3, -0.25) is 14.4 Å². The van der Waals surface area contributed by atoms with Crippen LogP contribution in [-0.2, 0) is 40.0 Å². The minimum atomic E-state index is -1.69. The largest absolute Gasteiger partial charge is 0.506 e. The van der Waals surface area contributed by atoms with Crippen molar-refractivity contribution in [1.29, 1.82) is 0 Å². The molecule has 1 aliphatic heterocycles. The molecule has 0 fully saturated rings. The lowest BCUT2D eigenvalue weighted by Gasteiger charge is -2.31. The highest BCUT2D eigenvalue weighted by atomic mass is 16.7. The SMILES string of the molecule is CC(C)(C)OCC(C)(C)C(=O)NCCCC[C@H](N)C(=O)NCCC(=O)Nc1cc(COC(=O)O)ccc1OC1OC(C(=O)O)=CC(O)[C@H]1O. The van der Waals surface area contributed by atoms with Crippen molar-refractivity contribution in [2.24, 2.45) is 11.1 Å². The topological polar surface area (TPSA) is 265 Å². The van der Waals surface area contributed by atoms with E-state index < -0.39 is 59.7 Å². The van der Waals surface area contributed by atoms with Gasteiger partial charge in [0, 0.05) is 19.5 Å². The fourth-order valence-electron chi connectivity index (χ4n) is 4.17. The minimum absolute atomic E-state index is 0.0200. The average molecular weight is 697 g/mol. The van der Waals surface area contributed by atoms with Crippen molar-refractivity contribution >= 4 is 35.5 Å². The zero-order valence-electron chi connectivity index (χ0n) is 28.3. The Morgan fingerprint density at radius 3 is 2.33 bits per heavy atom. The Morgan fingerprint density at radius 2 is 1.69 bits per heavy atom. The third kappa shape index (κ3) is 14.3. The molecule has 0 spiro atoms. The first-order chi connectivity index (χ1) is 22.8. The molecule has 274 valence electrons. The number of aliphatic carboxylic acids is 1. The quantitative estimate of drug-likeness (QED) is 0.0792. The highest BCUT2D eigenvalue weighted by Crippen LogP contribution is 2.30. The fraction of sp³-hybridized carbons (Fsp3) is 0.594. The van der Waals surface area contributed by atoms with E-state index >= 15 is 0 Å². The normalized spacial score (nSPS) is 18.3. The summed E-state index contributed by atoms with van der Waals surface area (Å²) in [6, 6.07) is 3.18. The zero-order chi connectivity index (χ0) is 36.9. The van der Waals surface area contributed by atoms with E-state index in [1.165, 1.54) is 18.2 Å². The van der Waals surface area contributed by atoms with Gasteiger partial charge < -0.3 is 61.1 Å². The number of carboxylic acid groups (broad SMARTS) is 2. The van der Waals surface area contributed by atoms with Gasteiger partial charge in [0.1, 0.15) is 18.5 Å². The van der Waals surface area contributed by atoms with Gasteiger partial charge in [-0.15, -0.1) is 0 Å². The van der Waals surface area contributed by atoms with Gasteiger partial charge in [0.25, 0.3) is 6.29 Å². The molecule has 0 saturated carbocycles. The first-order valence-electron chi connectivity index (χ1n) is 15.7. The molecule has 17 heteroatoms. The maximum Gasteiger partial charge on any atom is 0.506 e. The number of aliphatic hydroxyl groups is 2. The van der Waals surface area contributed by atoms with Crippen LogP contribution in [0.3, 0.4) is 0 Å². The molecule has 0 aromatic heterocycles. The number of rotatable bonds is 18. The number of carbonyl (C=O) groups is 5. The molecule has 4 atom stereocenters. The number of amides is 3. The molecule has 1 heterocycles. The Balaban J connectivity index is 1.87. The van der Waals surface area contributed by atoms with E-state index in [0.717, 1.165) is 6.08 Å². The Hall–Kier alpha value is -4.45. The Bertz CT molecular complexity index is 1360. The van der Waals surface area contributed by atoms with Gasteiger partial charge in [-0.2, -0.15) is 0 Å². The smallest absolute Gasteiger partial charge is 0.475 e. The molecule has 0 saturated heterocycles. The van der Waals surface area contributed by atoms with E-state index in [1.807, 2.05) is 20.8 Å². The van der Waals surface area contributed by atoms with Gasteiger partial charge in [-0.05, 0) is 77.7 Å². The van der Waals surface area contributed by atoms with Gasteiger partial charge >= 0.3 is 12.1 Å². The summed E-state index contributed by atoms with van der Waals surface area (Å²) >= 11 is 0. The summed E-state index contributed by atoms with van der Waals surface area (Å²) in [4.78, 5) is 59.9. The summed E-state index contributed by atoms with van der Waals surface area (Å²) in [5.74, 6) is -3.50. The number of hydrogen-bond acceptors (Lipinski definition) is 12. The molecule has 9 N–H and O–H groups in total. The number of anilines is 1. The third-order valence-corrected chi connectivity index (χ3v) is 7.02. The van der Waals surface area contributed by atoms with E-state index in [1.54, 1.807) is 13.8 Å². The predicted molar refractivity (Wildman–Crippen MR) is 173 cm³/mol. The van der Waals surface area contributed by atoms with Gasteiger partial charge in [0.2, 0.25) is 23.5 Å². The van der Waals surface area contributed by atoms with Crippen LogP contribution in [0.15, 0.2) is 30.0 Å². The number of nitrogens with two attached hydrogens (primary N) is 1. The average Bonchev–Trinajstić information content (AvgIpc) is 3.01. The molecule has 0 radical (unpaired) electrons. The number of carboxylic acids is 1. The summed E-state index contributed by atoms with van der Waals surface area (Å²) < 4.78 is 21.0. The van der Waals surface area contributed by atoms with Crippen LogP contribution in [0.5, 0.6) is 5.75 Å². The van der Waals surface area contributed by atoms with Crippen molar-refractivity contribution < 1.29 is 63.3 Å². The van der Waals surface area contributed by atoms with Crippen LogP contribution in [0.2, 0.25) is 0 Å². The molecule has 3 amide bonds. The number of unbranched alkanes of at least 4 members (excludes halogenated alkanes) is 1. The van der Waals surface area contributed by atoms with Crippen molar-refractivity contribution in [2.45, 2.75) is 97.0 Å². The molecule has 17 nitrogen and oxygen atoms in total. The highest BCUT2D eigenvalue weighted by molar-refractivity contribution is 5.93. The standard InChI is InChI=1S/C32H48N4O13/c1-31(2,3)47-17-32(4,5)29(43)35-12-7-6-8-19(33)26(40)34-13-11-24(38)36-20-14-18(16-46-30(44)45)9-10-22(20)48-28-25(39)21(37)15-23(49-28)27(41)42/h9-10,14-15,19,21,25,28,37,39H,6-8,11-13,16-17,33H2,1-5H3,(H,34,40)(H,35,43)(H,36,38)(H,41,42)(H,44,45)/t19-,21?,25+,28?/m0/s1. The first-order valence-corrected chi connectivity index (χ1v) is 15.7. The van der Waals surface area contributed by atoms with Gasteiger partial charge in [0.15, 0.2) is 6.10 Å². The number of ether oxygens (including phenoxy) is 4. The Morgan fingerprint density at radius 1 is 1.00 bits per heavy atom. The number of nitrogens with one attached hydrogen (secondary N) is 3. The van der Waals surface area contributed by atoms with Gasteiger partial charge in [-0.1, -0.05) is 6.07 Å². The van der Waals surface area contributed by atoms with Crippen molar-refractivity contribution in [3.63, 3.8) is 0 Å². The van der Waals surface area contributed by atoms with E-state index in [0.29, 0.717) is 31.4 Å². The number of carbonyl (C=O) groups excluding carboxylic acids is 3. The Labute approximate surface area is 284 Å². The number of benzene rings is 1. The molecule has 1 aromatic carbocycles. The number of hydrogen-bond donors (Lipinski definition) is 8. The van der Waals surface area contributed by atoms with E-state index in [4.69, 9.17) is 25.1 Å². The maximum atomic E-state index is 12.8. The lowest BCUT2D eigenvalue weighted by Crippen LogP contribution is -2.46. The van der Waals surface area contributed by atoms with E-state index in [-0.39, 0.29) is 49.1 Å². The van der Waals surface area contributed by atoms with Gasteiger partial charge in [-0.25, -0.2) is 9.59 Å². The molecule has 2 unspecified atom stereocenters. The summed E-state index contributed by atoms with van der Waals surface area (Å²) in [7, 11) is 0.